The van der Waals surface area contributed by atoms with Gasteiger partial charge in [-0.3, -0.25) is 4.99 Å². The third-order valence-electron chi connectivity index (χ3n) is 3.61. The van der Waals surface area contributed by atoms with Gasteiger partial charge in [0.15, 0.2) is 0 Å². The topological polar surface area (TPSA) is 40.0 Å². The molecule has 0 bridgehead atoms. The molecule has 0 fully saturated rings. The number of nitrogens with one attached hydrogen (secondary N) is 1. The first-order valence-electron chi connectivity index (χ1n) is 7.63. The monoisotopic (exact) mass is 266 g/mol. The van der Waals surface area contributed by atoms with Crippen molar-refractivity contribution in [3.63, 3.8) is 0 Å². The highest BCUT2D eigenvalue weighted by Crippen LogP contribution is 2.17. The molecular formula is C15H30N4. The van der Waals surface area contributed by atoms with E-state index in [1.165, 1.54) is 24.5 Å². The van der Waals surface area contributed by atoms with Crippen LogP contribution in [0.2, 0.25) is 0 Å². The van der Waals surface area contributed by atoms with Gasteiger partial charge >= 0.3 is 0 Å². The molecule has 1 aliphatic rings. The second kappa shape index (κ2) is 8.18. The summed E-state index contributed by atoms with van der Waals surface area (Å²) in [7, 11) is 4.15. The highest BCUT2D eigenvalue weighted by Gasteiger charge is 2.20. The molecule has 110 valence electrons. The van der Waals surface area contributed by atoms with Gasteiger partial charge in [-0.15, -0.1) is 0 Å². The zero-order valence-corrected chi connectivity index (χ0v) is 13.2. The molecule has 1 aliphatic heterocycles. The van der Waals surface area contributed by atoms with E-state index in [4.69, 9.17) is 9.98 Å². The molecule has 0 saturated carbocycles. The Kier molecular flexibility index (Phi) is 6.89. The first-order valence-corrected chi connectivity index (χ1v) is 7.63. The van der Waals surface area contributed by atoms with Crippen LogP contribution in [0.5, 0.6) is 0 Å². The molecule has 4 heteroatoms. The second-order valence-electron chi connectivity index (χ2n) is 5.52. The fourth-order valence-electron chi connectivity index (χ4n) is 2.36. The first kappa shape index (κ1) is 16.0. The lowest BCUT2D eigenvalue weighted by Crippen LogP contribution is -2.40. The van der Waals surface area contributed by atoms with Gasteiger partial charge in [-0.25, -0.2) is 4.99 Å². The summed E-state index contributed by atoms with van der Waals surface area (Å²) in [6.07, 6.45) is 5.81. The molecule has 2 unspecified atom stereocenters. The zero-order chi connectivity index (χ0) is 14.3. The predicted octanol–water partition coefficient (Wildman–Crippen LogP) is 2.90. The van der Waals surface area contributed by atoms with Crippen LogP contribution in [0, 0.1) is 5.92 Å². The molecule has 0 amide bonds. The summed E-state index contributed by atoms with van der Waals surface area (Å²) in [6.45, 7) is 7.50. The van der Waals surface area contributed by atoms with Crippen LogP contribution in [0.25, 0.3) is 0 Å². The maximum absolute atomic E-state index is 4.77. The minimum atomic E-state index is 0.118. The fourth-order valence-corrected chi connectivity index (χ4v) is 2.36. The number of rotatable bonds is 4. The summed E-state index contributed by atoms with van der Waals surface area (Å²) >= 11 is 0. The third kappa shape index (κ3) is 5.21. The third-order valence-corrected chi connectivity index (χ3v) is 3.61. The average molecular weight is 266 g/mol. The normalized spacial score (nSPS) is 26.4. The summed E-state index contributed by atoms with van der Waals surface area (Å²) in [6, 6.07) is 0. The van der Waals surface area contributed by atoms with Gasteiger partial charge in [0.05, 0.1) is 0 Å². The van der Waals surface area contributed by atoms with Crippen molar-refractivity contribution in [2.75, 3.05) is 20.6 Å². The summed E-state index contributed by atoms with van der Waals surface area (Å²) < 4.78 is 0. The van der Waals surface area contributed by atoms with E-state index in [1.54, 1.807) is 0 Å². The van der Waals surface area contributed by atoms with Gasteiger partial charge in [-0.1, -0.05) is 20.3 Å². The number of hydrogen-bond donors (Lipinski definition) is 1. The van der Waals surface area contributed by atoms with Crippen LogP contribution in [-0.2, 0) is 0 Å². The van der Waals surface area contributed by atoms with Crippen LogP contribution < -0.4 is 5.32 Å². The maximum Gasteiger partial charge on any atom is 0.118 e. The molecule has 0 aromatic carbocycles. The van der Waals surface area contributed by atoms with Crippen molar-refractivity contribution < 1.29 is 0 Å². The molecule has 1 rings (SSSR count). The Labute approximate surface area is 118 Å². The van der Waals surface area contributed by atoms with E-state index in [9.17, 15) is 0 Å². The molecular weight excluding hydrogens is 236 g/mol. The van der Waals surface area contributed by atoms with Crippen LogP contribution in [0.4, 0.5) is 0 Å². The number of hydrogen-bond acceptors (Lipinski definition) is 3. The summed E-state index contributed by atoms with van der Waals surface area (Å²) in [4.78, 5) is 11.6. The second-order valence-corrected chi connectivity index (χ2v) is 5.52. The van der Waals surface area contributed by atoms with E-state index < -0.39 is 0 Å². The van der Waals surface area contributed by atoms with Crippen molar-refractivity contribution in [1.82, 2.24) is 10.2 Å². The maximum atomic E-state index is 4.77. The lowest BCUT2D eigenvalue weighted by Gasteiger charge is -2.27. The van der Waals surface area contributed by atoms with E-state index in [1.807, 2.05) is 0 Å². The van der Waals surface area contributed by atoms with Gasteiger partial charge in [0, 0.05) is 33.0 Å². The molecule has 1 N–H and O–H groups in total. The molecule has 0 aromatic heterocycles. The van der Waals surface area contributed by atoms with Crippen molar-refractivity contribution >= 4 is 11.7 Å². The molecule has 2 atom stereocenters. The molecule has 0 radical (unpaired) electrons. The van der Waals surface area contributed by atoms with Crippen molar-refractivity contribution in [3.05, 3.63) is 0 Å². The molecule has 0 aliphatic carbocycles. The quantitative estimate of drug-likeness (QED) is 0.795. The number of aliphatic imine (C=N–C) groups is 2. The van der Waals surface area contributed by atoms with E-state index in [0.717, 1.165) is 25.8 Å². The highest BCUT2D eigenvalue weighted by atomic mass is 15.2. The van der Waals surface area contributed by atoms with Gasteiger partial charge in [-0.2, -0.15) is 0 Å². The zero-order valence-electron chi connectivity index (χ0n) is 13.2. The highest BCUT2D eigenvalue weighted by molar-refractivity contribution is 5.88. The Balaban J connectivity index is 2.80. The van der Waals surface area contributed by atoms with Gasteiger partial charge < -0.3 is 10.2 Å². The average Bonchev–Trinajstić information content (AvgIpc) is 2.35. The van der Waals surface area contributed by atoms with Crippen LogP contribution in [0.1, 0.15) is 52.9 Å². The molecule has 19 heavy (non-hydrogen) atoms. The van der Waals surface area contributed by atoms with Crippen molar-refractivity contribution in [2.24, 2.45) is 15.9 Å². The van der Waals surface area contributed by atoms with E-state index >= 15 is 0 Å². The number of nitrogens with zero attached hydrogens (tertiary/aromatic N) is 3. The van der Waals surface area contributed by atoms with E-state index in [0.29, 0.717) is 5.92 Å². The lowest BCUT2D eigenvalue weighted by atomic mass is 9.97. The van der Waals surface area contributed by atoms with Gasteiger partial charge in [0.2, 0.25) is 0 Å². The predicted molar refractivity (Wildman–Crippen MR) is 83.9 cm³/mol. The Morgan fingerprint density at radius 2 is 2.11 bits per heavy atom. The Morgan fingerprint density at radius 1 is 1.37 bits per heavy atom. The largest absolute Gasteiger partial charge is 0.366 e. The molecule has 4 nitrogen and oxygen atoms in total. The fraction of sp³-hybridized carbons (Fsp3) is 0.867. The summed E-state index contributed by atoms with van der Waals surface area (Å²) in [5.74, 6) is 2.90. The smallest absolute Gasteiger partial charge is 0.118 e. The Bertz CT molecular complexity index is 320. The van der Waals surface area contributed by atoms with Crippen LogP contribution in [0.15, 0.2) is 9.98 Å². The Morgan fingerprint density at radius 3 is 2.68 bits per heavy atom. The molecule has 0 saturated heterocycles. The first-order chi connectivity index (χ1) is 9.08. The standard InChI is InChI=1S/C15H30N4/c1-6-8-11-16-15-13(7-2)9-10-14(19(4)5)17-12(3)18-15/h12-13H,6-11H2,1-5H3,(H,16,18). The van der Waals surface area contributed by atoms with Crippen LogP contribution in [-0.4, -0.2) is 43.4 Å². The molecule has 0 aromatic rings. The lowest BCUT2D eigenvalue weighted by molar-refractivity contribution is 0.514. The van der Waals surface area contributed by atoms with Crippen molar-refractivity contribution in [3.8, 4) is 0 Å². The van der Waals surface area contributed by atoms with E-state index in [-0.39, 0.29) is 6.17 Å². The van der Waals surface area contributed by atoms with Gasteiger partial charge in [0.25, 0.3) is 0 Å². The summed E-state index contributed by atoms with van der Waals surface area (Å²) in [5.41, 5.74) is 0. The Hall–Kier alpha value is -1.06. The van der Waals surface area contributed by atoms with Crippen molar-refractivity contribution in [2.45, 2.75) is 59.0 Å². The molecule has 0 spiro atoms. The van der Waals surface area contributed by atoms with Crippen molar-refractivity contribution in [1.29, 1.82) is 0 Å². The minimum absolute atomic E-state index is 0.118. The molecule has 1 heterocycles. The van der Waals surface area contributed by atoms with Crippen LogP contribution in [0.3, 0.4) is 0 Å². The number of unbranched alkanes of at least 4 members (excludes halogenated alkanes) is 1. The summed E-state index contributed by atoms with van der Waals surface area (Å²) in [5, 5.41) is 3.50. The minimum Gasteiger partial charge on any atom is -0.366 e. The van der Waals surface area contributed by atoms with Crippen LogP contribution >= 0.6 is 0 Å². The number of amidine groups is 2. The van der Waals surface area contributed by atoms with E-state index in [2.05, 4.69) is 45.1 Å². The van der Waals surface area contributed by atoms with Gasteiger partial charge in [-0.05, 0) is 26.2 Å². The SMILES string of the molecule is CCCCN=C1NC(C)N=C(N(C)C)CCC1CC. The van der Waals surface area contributed by atoms with Gasteiger partial charge in [0.1, 0.15) is 17.8 Å².